The molecule has 0 aliphatic carbocycles. The molecule has 0 radical (unpaired) electrons. The number of aromatic amines is 1. The number of nitrogens with one attached hydrogen (secondary N) is 3. The molecule has 5 nitrogen and oxygen atoms in total. The molecular formula is C19H19N3O2. The van der Waals surface area contributed by atoms with Crippen molar-refractivity contribution in [2.45, 2.75) is 6.42 Å². The monoisotopic (exact) mass is 321 g/mol. The molecule has 24 heavy (non-hydrogen) atoms. The summed E-state index contributed by atoms with van der Waals surface area (Å²) in [6, 6.07) is 17.0. The average Bonchev–Trinajstić information content (AvgIpc) is 2.62. The zero-order valence-electron chi connectivity index (χ0n) is 13.2. The van der Waals surface area contributed by atoms with Crippen molar-refractivity contribution in [3.8, 4) is 0 Å². The minimum atomic E-state index is -0.346. The molecule has 0 atom stereocenters. The fraction of sp³-hybridized carbons (Fsp3) is 0.158. The van der Waals surface area contributed by atoms with E-state index < -0.39 is 0 Å². The van der Waals surface area contributed by atoms with Gasteiger partial charge in [0, 0.05) is 35.9 Å². The van der Waals surface area contributed by atoms with Gasteiger partial charge in [0.15, 0.2) is 0 Å². The smallest absolute Gasteiger partial charge is 0.256 e. The molecule has 0 saturated heterocycles. The summed E-state index contributed by atoms with van der Waals surface area (Å²) in [6.07, 6.45) is 2.24. The normalized spacial score (nSPS) is 10.5. The first-order valence-electron chi connectivity index (χ1n) is 7.93. The van der Waals surface area contributed by atoms with Crippen molar-refractivity contribution in [3.05, 3.63) is 76.6 Å². The Labute approximate surface area is 139 Å². The maximum Gasteiger partial charge on any atom is 0.256 e. The van der Waals surface area contributed by atoms with Crippen LogP contribution in [0, 0.1) is 0 Å². The molecule has 1 aromatic heterocycles. The predicted molar refractivity (Wildman–Crippen MR) is 96.5 cm³/mol. The highest BCUT2D eigenvalue weighted by Gasteiger charge is 2.11. The van der Waals surface area contributed by atoms with Crippen LogP contribution in [0.1, 0.15) is 16.8 Å². The van der Waals surface area contributed by atoms with Gasteiger partial charge in [-0.2, -0.15) is 0 Å². The van der Waals surface area contributed by atoms with E-state index in [0.717, 1.165) is 24.2 Å². The summed E-state index contributed by atoms with van der Waals surface area (Å²) in [5.74, 6) is -0.346. The van der Waals surface area contributed by atoms with E-state index >= 15 is 0 Å². The predicted octanol–water partition coefficient (Wildman–Crippen LogP) is 2.76. The quantitative estimate of drug-likeness (QED) is 0.611. The molecule has 2 aromatic carbocycles. The van der Waals surface area contributed by atoms with Crippen LogP contribution in [0.5, 0.6) is 0 Å². The van der Waals surface area contributed by atoms with Gasteiger partial charge in [0.25, 0.3) is 5.91 Å². The third-order valence-electron chi connectivity index (χ3n) is 3.77. The maximum absolute atomic E-state index is 12.4. The summed E-state index contributed by atoms with van der Waals surface area (Å²) >= 11 is 0. The number of carbonyl (C=O) groups is 1. The molecule has 0 aliphatic rings. The Morgan fingerprint density at radius 3 is 2.54 bits per heavy atom. The Morgan fingerprint density at radius 1 is 0.958 bits per heavy atom. The Kier molecular flexibility index (Phi) is 4.91. The number of aromatic nitrogens is 1. The SMILES string of the molecule is O=C(NCCCNc1ccccc1)c1c[nH]c2ccccc2c1=O. The Hall–Kier alpha value is -3.08. The average molecular weight is 321 g/mol. The minimum Gasteiger partial charge on any atom is -0.385 e. The largest absolute Gasteiger partial charge is 0.385 e. The van der Waals surface area contributed by atoms with E-state index in [1.54, 1.807) is 12.1 Å². The van der Waals surface area contributed by atoms with Gasteiger partial charge >= 0.3 is 0 Å². The van der Waals surface area contributed by atoms with E-state index in [2.05, 4.69) is 15.6 Å². The molecule has 1 amide bonds. The van der Waals surface area contributed by atoms with Crippen LogP contribution in [0.2, 0.25) is 0 Å². The van der Waals surface area contributed by atoms with Crippen LogP contribution >= 0.6 is 0 Å². The van der Waals surface area contributed by atoms with Gasteiger partial charge in [0.1, 0.15) is 5.56 Å². The maximum atomic E-state index is 12.4. The molecule has 0 spiro atoms. The molecule has 0 bridgehead atoms. The van der Waals surface area contributed by atoms with Crippen molar-refractivity contribution >= 4 is 22.5 Å². The number of fused-ring (bicyclic) bond motifs is 1. The van der Waals surface area contributed by atoms with Gasteiger partial charge in [-0.1, -0.05) is 30.3 Å². The number of benzene rings is 2. The van der Waals surface area contributed by atoms with Gasteiger partial charge in [-0.25, -0.2) is 0 Å². The number of amides is 1. The third-order valence-corrected chi connectivity index (χ3v) is 3.77. The van der Waals surface area contributed by atoms with Crippen LogP contribution in [-0.2, 0) is 0 Å². The van der Waals surface area contributed by atoms with E-state index in [4.69, 9.17) is 0 Å². The van der Waals surface area contributed by atoms with Crippen molar-refractivity contribution in [2.75, 3.05) is 18.4 Å². The van der Waals surface area contributed by atoms with Gasteiger partial charge in [0.2, 0.25) is 5.43 Å². The van der Waals surface area contributed by atoms with Crippen molar-refractivity contribution in [2.24, 2.45) is 0 Å². The summed E-state index contributed by atoms with van der Waals surface area (Å²) in [7, 11) is 0. The van der Waals surface area contributed by atoms with Crippen LogP contribution in [0.15, 0.2) is 65.6 Å². The molecule has 122 valence electrons. The Bertz CT molecular complexity index is 888. The zero-order chi connectivity index (χ0) is 16.8. The second-order valence-corrected chi connectivity index (χ2v) is 5.48. The van der Waals surface area contributed by atoms with E-state index in [9.17, 15) is 9.59 Å². The first-order chi connectivity index (χ1) is 11.8. The summed E-state index contributed by atoms with van der Waals surface area (Å²) < 4.78 is 0. The first kappa shape index (κ1) is 15.8. The van der Waals surface area contributed by atoms with Crippen molar-refractivity contribution in [1.29, 1.82) is 0 Å². The van der Waals surface area contributed by atoms with E-state index in [1.807, 2.05) is 42.5 Å². The minimum absolute atomic E-state index is 0.143. The number of H-pyrrole nitrogens is 1. The lowest BCUT2D eigenvalue weighted by atomic mass is 10.1. The van der Waals surface area contributed by atoms with Gasteiger partial charge in [-0.05, 0) is 30.7 Å². The van der Waals surface area contributed by atoms with Crippen LogP contribution in [-0.4, -0.2) is 24.0 Å². The summed E-state index contributed by atoms with van der Waals surface area (Å²) in [4.78, 5) is 27.5. The molecule has 3 N–H and O–H groups in total. The lowest BCUT2D eigenvalue weighted by molar-refractivity contribution is 0.0952. The molecule has 3 rings (SSSR count). The van der Waals surface area contributed by atoms with Crippen molar-refractivity contribution in [1.82, 2.24) is 10.3 Å². The third kappa shape index (κ3) is 3.63. The number of hydrogen-bond donors (Lipinski definition) is 3. The van der Waals surface area contributed by atoms with Crippen LogP contribution in [0.25, 0.3) is 10.9 Å². The van der Waals surface area contributed by atoms with Gasteiger partial charge < -0.3 is 15.6 Å². The summed E-state index contributed by atoms with van der Waals surface area (Å²) in [5, 5.41) is 6.59. The summed E-state index contributed by atoms with van der Waals surface area (Å²) in [6.45, 7) is 1.25. The van der Waals surface area contributed by atoms with E-state index in [1.165, 1.54) is 6.20 Å². The number of para-hydroxylation sites is 2. The molecule has 0 unspecified atom stereocenters. The second kappa shape index (κ2) is 7.46. The molecule has 1 heterocycles. The topological polar surface area (TPSA) is 74.0 Å². The fourth-order valence-corrected chi connectivity index (χ4v) is 2.51. The lowest BCUT2D eigenvalue weighted by Gasteiger charge is -2.08. The highest BCUT2D eigenvalue weighted by atomic mass is 16.2. The van der Waals surface area contributed by atoms with E-state index in [0.29, 0.717) is 11.9 Å². The highest BCUT2D eigenvalue weighted by molar-refractivity contribution is 5.97. The summed E-state index contributed by atoms with van der Waals surface area (Å²) in [5.41, 5.74) is 1.68. The van der Waals surface area contributed by atoms with Gasteiger partial charge in [-0.15, -0.1) is 0 Å². The fourth-order valence-electron chi connectivity index (χ4n) is 2.51. The van der Waals surface area contributed by atoms with Crippen molar-refractivity contribution < 1.29 is 4.79 Å². The number of hydrogen-bond acceptors (Lipinski definition) is 3. The van der Waals surface area contributed by atoms with E-state index in [-0.39, 0.29) is 16.9 Å². The van der Waals surface area contributed by atoms with Crippen LogP contribution < -0.4 is 16.1 Å². The first-order valence-corrected chi connectivity index (χ1v) is 7.93. The van der Waals surface area contributed by atoms with Gasteiger partial charge in [-0.3, -0.25) is 9.59 Å². The Morgan fingerprint density at radius 2 is 1.71 bits per heavy atom. The molecule has 0 saturated carbocycles. The molecule has 5 heteroatoms. The number of anilines is 1. The highest BCUT2D eigenvalue weighted by Crippen LogP contribution is 2.07. The second-order valence-electron chi connectivity index (χ2n) is 5.48. The lowest BCUT2D eigenvalue weighted by Crippen LogP contribution is -2.30. The number of rotatable bonds is 6. The number of pyridine rings is 1. The van der Waals surface area contributed by atoms with Crippen LogP contribution in [0.4, 0.5) is 5.69 Å². The standard InChI is InChI=1S/C19H19N3O2/c23-18-15-9-4-5-10-17(15)22-13-16(18)19(24)21-12-6-11-20-14-7-2-1-3-8-14/h1-5,7-10,13,20H,6,11-12H2,(H,21,24)(H,22,23). The Balaban J connectivity index is 1.54. The number of carbonyl (C=O) groups excluding carboxylic acids is 1. The van der Waals surface area contributed by atoms with Crippen LogP contribution in [0.3, 0.4) is 0 Å². The molecule has 3 aromatic rings. The molecular weight excluding hydrogens is 302 g/mol. The zero-order valence-corrected chi connectivity index (χ0v) is 13.2. The molecule has 0 aliphatic heterocycles. The van der Waals surface area contributed by atoms with Crippen molar-refractivity contribution in [3.63, 3.8) is 0 Å². The molecule has 0 fully saturated rings. The van der Waals surface area contributed by atoms with Gasteiger partial charge in [0.05, 0.1) is 0 Å².